The van der Waals surface area contributed by atoms with Gasteiger partial charge in [0.05, 0.1) is 6.42 Å². The molecule has 0 aliphatic rings. The highest BCUT2D eigenvalue weighted by molar-refractivity contribution is 5.84. The molecule has 0 aliphatic carbocycles. The molecule has 0 saturated carbocycles. The Bertz CT molecular complexity index is 132. The van der Waals surface area contributed by atoms with E-state index in [1.165, 1.54) is 19.1 Å². The number of carboxylic acid groups (broad SMARTS) is 1. The lowest BCUT2D eigenvalue weighted by atomic mass is 10.2. The summed E-state index contributed by atoms with van der Waals surface area (Å²) in [6.45, 7) is 2.89. The second-order valence-corrected chi connectivity index (χ2v) is 2.39. The largest absolute Gasteiger partial charge is 0.481 e. The van der Waals surface area contributed by atoms with Gasteiger partial charge in [-0.25, -0.2) is 0 Å². The van der Waals surface area contributed by atoms with Gasteiger partial charge in [0, 0.05) is 12.8 Å². The molecule has 0 bridgehead atoms. The maximum absolute atomic E-state index is 10.00. The molecule has 3 heteroatoms. The molecule has 11 heavy (non-hydrogen) atoms. The van der Waals surface area contributed by atoms with Crippen molar-refractivity contribution >= 4 is 12.2 Å². The second kappa shape index (κ2) is 7.25. The summed E-state index contributed by atoms with van der Waals surface area (Å²) in [6.07, 6.45) is 4.93. The topological polar surface area (TPSA) is 49.7 Å². The molecule has 0 unspecified atom stereocenters. The molecule has 64 valence electrons. The monoisotopic (exact) mass is 157 g/mol. The Kier molecular flexibility index (Phi) is 6.68. The predicted molar refractivity (Wildman–Crippen MR) is 45.1 cm³/mol. The third kappa shape index (κ3) is 9.14. The van der Waals surface area contributed by atoms with Crippen molar-refractivity contribution in [3.8, 4) is 0 Å². The van der Waals surface area contributed by atoms with E-state index < -0.39 is 5.97 Å². The van der Waals surface area contributed by atoms with Crippen molar-refractivity contribution < 1.29 is 9.90 Å². The summed E-state index contributed by atoms with van der Waals surface area (Å²) in [5.74, 6) is -0.816. The molecule has 0 fully saturated rings. The summed E-state index contributed by atoms with van der Waals surface area (Å²) in [5.41, 5.74) is 0. The van der Waals surface area contributed by atoms with Crippen LogP contribution in [0.2, 0.25) is 0 Å². The first-order valence-corrected chi connectivity index (χ1v) is 3.97. The summed E-state index contributed by atoms with van der Waals surface area (Å²) < 4.78 is 0. The number of hydrogen-bond donors (Lipinski definition) is 1. The highest BCUT2D eigenvalue weighted by Crippen LogP contribution is 1.92. The van der Waals surface area contributed by atoms with Crippen molar-refractivity contribution in [2.75, 3.05) is 6.54 Å². The van der Waals surface area contributed by atoms with Gasteiger partial charge < -0.3 is 5.11 Å². The first-order valence-electron chi connectivity index (χ1n) is 3.97. The van der Waals surface area contributed by atoms with Gasteiger partial charge in [-0.2, -0.15) is 0 Å². The number of unbranched alkanes of at least 4 members (excludes halogenated alkanes) is 2. The van der Waals surface area contributed by atoms with E-state index in [0.29, 0.717) is 0 Å². The molecule has 1 N–H and O–H groups in total. The first-order chi connectivity index (χ1) is 5.27. The van der Waals surface area contributed by atoms with Crippen LogP contribution in [0, 0.1) is 0 Å². The van der Waals surface area contributed by atoms with Gasteiger partial charge in [0.15, 0.2) is 0 Å². The quantitative estimate of drug-likeness (QED) is 0.471. The van der Waals surface area contributed by atoms with E-state index in [2.05, 4.69) is 11.9 Å². The first kappa shape index (κ1) is 10.1. The lowest BCUT2D eigenvalue weighted by molar-refractivity contribution is -0.135. The summed E-state index contributed by atoms with van der Waals surface area (Å²) in [5, 5.41) is 8.22. The molecular formula is C8H15NO2. The minimum Gasteiger partial charge on any atom is -0.481 e. The number of carbonyl (C=O) groups is 1. The van der Waals surface area contributed by atoms with E-state index in [1.807, 2.05) is 0 Å². The molecule has 0 aromatic carbocycles. The van der Waals surface area contributed by atoms with E-state index >= 15 is 0 Å². The van der Waals surface area contributed by atoms with Gasteiger partial charge in [-0.05, 0) is 6.42 Å². The molecular weight excluding hydrogens is 142 g/mol. The minimum absolute atomic E-state index is 0.0477. The normalized spacial score (nSPS) is 10.6. The molecule has 3 nitrogen and oxygen atoms in total. The van der Waals surface area contributed by atoms with E-state index in [9.17, 15) is 4.79 Å². The summed E-state index contributed by atoms with van der Waals surface area (Å²) in [6, 6.07) is 0. The van der Waals surface area contributed by atoms with Gasteiger partial charge in [-0.3, -0.25) is 9.79 Å². The maximum Gasteiger partial charge on any atom is 0.308 e. The van der Waals surface area contributed by atoms with Crippen molar-refractivity contribution in [2.45, 2.75) is 32.6 Å². The SMILES string of the molecule is CCCCCN=CCC(=O)O. The number of rotatable bonds is 6. The van der Waals surface area contributed by atoms with Crippen molar-refractivity contribution in [3.05, 3.63) is 0 Å². The Morgan fingerprint density at radius 1 is 1.55 bits per heavy atom. The average molecular weight is 157 g/mol. The van der Waals surface area contributed by atoms with Gasteiger partial charge in [-0.15, -0.1) is 0 Å². The molecule has 0 atom stereocenters. The Labute approximate surface area is 67.1 Å². The second-order valence-electron chi connectivity index (χ2n) is 2.39. The molecule has 0 radical (unpaired) electrons. The smallest absolute Gasteiger partial charge is 0.308 e. The molecule has 0 aromatic heterocycles. The molecule has 0 aromatic rings. The van der Waals surface area contributed by atoms with E-state index in [1.54, 1.807) is 0 Å². The fourth-order valence-electron chi connectivity index (χ4n) is 0.687. The van der Waals surface area contributed by atoms with Crippen LogP contribution in [-0.2, 0) is 4.79 Å². The van der Waals surface area contributed by atoms with E-state index in [0.717, 1.165) is 13.0 Å². The molecule has 0 spiro atoms. The maximum atomic E-state index is 10.00. The third-order valence-electron chi connectivity index (χ3n) is 1.29. The lowest BCUT2D eigenvalue weighted by Crippen LogP contribution is -1.94. The van der Waals surface area contributed by atoms with Crippen LogP contribution >= 0.6 is 0 Å². The number of nitrogens with zero attached hydrogens (tertiary/aromatic N) is 1. The summed E-state index contributed by atoms with van der Waals surface area (Å²) >= 11 is 0. The van der Waals surface area contributed by atoms with Crippen LogP contribution in [0.3, 0.4) is 0 Å². The Balaban J connectivity index is 3.10. The summed E-state index contributed by atoms with van der Waals surface area (Å²) in [4.78, 5) is 13.9. The van der Waals surface area contributed by atoms with Crippen molar-refractivity contribution in [2.24, 2.45) is 4.99 Å². The lowest BCUT2D eigenvalue weighted by Gasteiger charge is -1.90. The number of aliphatic carboxylic acids is 1. The minimum atomic E-state index is -0.816. The number of hydrogen-bond acceptors (Lipinski definition) is 2. The molecule has 0 rings (SSSR count). The van der Waals surface area contributed by atoms with Crippen molar-refractivity contribution in [3.63, 3.8) is 0 Å². The van der Waals surface area contributed by atoms with Gasteiger partial charge in [0.25, 0.3) is 0 Å². The Hall–Kier alpha value is -0.860. The zero-order valence-corrected chi connectivity index (χ0v) is 6.92. The fourth-order valence-corrected chi connectivity index (χ4v) is 0.687. The summed E-state index contributed by atoms with van der Waals surface area (Å²) in [7, 11) is 0. The Morgan fingerprint density at radius 2 is 2.27 bits per heavy atom. The zero-order chi connectivity index (χ0) is 8.53. The van der Waals surface area contributed by atoms with Gasteiger partial charge in [-0.1, -0.05) is 19.8 Å². The highest BCUT2D eigenvalue weighted by atomic mass is 16.4. The van der Waals surface area contributed by atoms with Crippen LogP contribution in [-0.4, -0.2) is 23.8 Å². The van der Waals surface area contributed by atoms with Crippen LogP contribution in [0.25, 0.3) is 0 Å². The molecule has 0 amide bonds. The van der Waals surface area contributed by atoms with Crippen LogP contribution in [0.1, 0.15) is 32.6 Å². The van der Waals surface area contributed by atoms with E-state index in [4.69, 9.17) is 5.11 Å². The molecule has 0 heterocycles. The number of aliphatic imine (C=N–C) groups is 1. The van der Waals surface area contributed by atoms with Crippen molar-refractivity contribution in [1.29, 1.82) is 0 Å². The van der Waals surface area contributed by atoms with Crippen LogP contribution < -0.4 is 0 Å². The third-order valence-corrected chi connectivity index (χ3v) is 1.29. The standard InChI is InChI=1S/C8H15NO2/c1-2-3-4-6-9-7-5-8(10)11/h7H,2-6H2,1H3,(H,10,11). The average Bonchev–Trinajstić information content (AvgIpc) is 1.96. The zero-order valence-electron chi connectivity index (χ0n) is 6.92. The Morgan fingerprint density at radius 3 is 2.82 bits per heavy atom. The van der Waals surface area contributed by atoms with Crippen LogP contribution in [0.4, 0.5) is 0 Å². The van der Waals surface area contributed by atoms with Gasteiger partial charge in [0.2, 0.25) is 0 Å². The predicted octanol–water partition coefficient (Wildman–Crippen LogP) is 1.72. The fraction of sp³-hybridized carbons (Fsp3) is 0.750. The molecule has 0 saturated heterocycles. The number of carboxylic acids is 1. The highest BCUT2D eigenvalue weighted by Gasteiger charge is 1.89. The van der Waals surface area contributed by atoms with Crippen molar-refractivity contribution in [1.82, 2.24) is 0 Å². The van der Waals surface area contributed by atoms with Crippen LogP contribution in [0.5, 0.6) is 0 Å². The van der Waals surface area contributed by atoms with Gasteiger partial charge in [0.1, 0.15) is 0 Å². The van der Waals surface area contributed by atoms with Gasteiger partial charge >= 0.3 is 5.97 Å². The van der Waals surface area contributed by atoms with Crippen LogP contribution in [0.15, 0.2) is 4.99 Å². The van der Waals surface area contributed by atoms with E-state index in [-0.39, 0.29) is 6.42 Å². The molecule has 0 aliphatic heterocycles.